The number of aryl methyl sites for hydroxylation is 1. The number of benzene rings is 1. The maximum absolute atomic E-state index is 15.0. The lowest BCUT2D eigenvalue weighted by molar-refractivity contribution is 0.0330. The molecule has 0 bridgehead atoms. The van der Waals surface area contributed by atoms with Crippen molar-refractivity contribution in [1.82, 2.24) is 19.6 Å². The highest BCUT2D eigenvalue weighted by Gasteiger charge is 2.29. The Labute approximate surface area is 206 Å². The summed E-state index contributed by atoms with van der Waals surface area (Å²) in [6, 6.07) is 4.31. The van der Waals surface area contributed by atoms with Crippen LogP contribution in [0.2, 0.25) is 0 Å². The summed E-state index contributed by atoms with van der Waals surface area (Å²) in [5, 5.41) is 14.5. The zero-order valence-corrected chi connectivity index (χ0v) is 20.0. The van der Waals surface area contributed by atoms with Gasteiger partial charge in [0.15, 0.2) is 11.3 Å². The Balaban J connectivity index is 1.57. The number of carbonyl (C=O) groups excluding carboxylic acids is 1. The van der Waals surface area contributed by atoms with E-state index in [4.69, 9.17) is 19.7 Å². The molecule has 0 saturated carbocycles. The van der Waals surface area contributed by atoms with Gasteiger partial charge >= 0.3 is 0 Å². The van der Waals surface area contributed by atoms with Crippen LogP contribution in [0.25, 0.3) is 11.4 Å². The molecule has 5 rings (SSSR count). The van der Waals surface area contributed by atoms with Crippen molar-refractivity contribution in [2.45, 2.75) is 32.5 Å². The molecule has 0 radical (unpaired) electrons. The van der Waals surface area contributed by atoms with Crippen molar-refractivity contribution < 1.29 is 28.3 Å². The number of amides is 1. The summed E-state index contributed by atoms with van der Waals surface area (Å²) < 4.78 is 33.1. The summed E-state index contributed by atoms with van der Waals surface area (Å²) in [7, 11) is 0. The van der Waals surface area contributed by atoms with Crippen LogP contribution in [0.4, 0.5) is 4.39 Å². The van der Waals surface area contributed by atoms with E-state index in [2.05, 4.69) is 26.9 Å². The molecule has 188 valence electrons. The van der Waals surface area contributed by atoms with Gasteiger partial charge in [0.1, 0.15) is 35.5 Å². The van der Waals surface area contributed by atoms with E-state index < -0.39 is 17.3 Å². The van der Waals surface area contributed by atoms with Crippen molar-refractivity contribution in [2.24, 2.45) is 5.73 Å². The van der Waals surface area contributed by atoms with Gasteiger partial charge in [-0.25, -0.2) is 9.37 Å². The third-order valence-electron chi connectivity index (χ3n) is 6.23. The molecule has 1 fully saturated rings. The monoisotopic (exact) mass is 495 g/mol. The SMILES string of the molecule is Cc1cc([C@](C)(O)C#Cc2cc3c(cc2F)OCCn2c-3nc(C(N)=O)c2CN2CCOCC2)no1. The summed E-state index contributed by atoms with van der Waals surface area (Å²) in [6.45, 7) is 6.95. The molecule has 1 atom stereocenters. The zero-order chi connectivity index (χ0) is 25.4. The Morgan fingerprint density at radius 1 is 1.25 bits per heavy atom. The molecule has 3 N–H and O–H groups in total. The largest absolute Gasteiger partial charge is 0.491 e. The van der Waals surface area contributed by atoms with Crippen LogP contribution in [-0.2, 0) is 23.4 Å². The van der Waals surface area contributed by atoms with Crippen molar-refractivity contribution in [2.75, 3.05) is 32.9 Å². The van der Waals surface area contributed by atoms with Gasteiger partial charge in [-0.15, -0.1) is 0 Å². The van der Waals surface area contributed by atoms with E-state index in [9.17, 15) is 14.3 Å². The number of hydrogen-bond acceptors (Lipinski definition) is 8. The average Bonchev–Trinajstić information content (AvgIpc) is 3.39. The minimum atomic E-state index is -1.66. The van der Waals surface area contributed by atoms with Crippen molar-refractivity contribution in [3.63, 3.8) is 0 Å². The number of nitrogens with two attached hydrogens (primary N) is 1. The van der Waals surface area contributed by atoms with Crippen LogP contribution >= 0.6 is 0 Å². The third kappa shape index (κ3) is 4.58. The Hall–Kier alpha value is -3.72. The number of aliphatic hydroxyl groups is 1. The quantitative estimate of drug-likeness (QED) is 0.522. The van der Waals surface area contributed by atoms with Crippen LogP contribution in [-0.4, -0.2) is 63.5 Å². The molecule has 0 aliphatic carbocycles. The second-order valence-electron chi connectivity index (χ2n) is 8.96. The van der Waals surface area contributed by atoms with E-state index in [0.29, 0.717) is 49.1 Å². The van der Waals surface area contributed by atoms with E-state index in [0.717, 1.165) is 13.1 Å². The Morgan fingerprint density at radius 3 is 2.72 bits per heavy atom. The molecule has 2 aromatic heterocycles. The van der Waals surface area contributed by atoms with Gasteiger partial charge in [0.05, 0.1) is 36.6 Å². The lowest BCUT2D eigenvalue weighted by atomic mass is 10.0. The maximum atomic E-state index is 15.0. The lowest BCUT2D eigenvalue weighted by Crippen LogP contribution is -2.37. The number of carbonyl (C=O) groups is 1. The van der Waals surface area contributed by atoms with E-state index in [1.165, 1.54) is 19.1 Å². The van der Waals surface area contributed by atoms with Gasteiger partial charge in [0.2, 0.25) is 0 Å². The van der Waals surface area contributed by atoms with Gasteiger partial charge in [0, 0.05) is 31.8 Å². The van der Waals surface area contributed by atoms with Crippen molar-refractivity contribution >= 4 is 5.91 Å². The first-order chi connectivity index (χ1) is 17.2. The summed E-state index contributed by atoms with van der Waals surface area (Å²) >= 11 is 0. The second-order valence-corrected chi connectivity index (χ2v) is 8.96. The molecule has 10 nitrogen and oxygen atoms in total. The smallest absolute Gasteiger partial charge is 0.269 e. The van der Waals surface area contributed by atoms with E-state index in [-0.39, 0.29) is 29.3 Å². The summed E-state index contributed by atoms with van der Waals surface area (Å²) in [4.78, 5) is 19.0. The van der Waals surface area contributed by atoms with Gasteiger partial charge in [-0.3, -0.25) is 9.69 Å². The highest BCUT2D eigenvalue weighted by Crippen LogP contribution is 2.36. The van der Waals surface area contributed by atoms with Crippen molar-refractivity contribution in [1.29, 1.82) is 0 Å². The number of hydrogen-bond donors (Lipinski definition) is 2. The van der Waals surface area contributed by atoms with E-state index in [1.807, 2.05) is 4.57 Å². The Morgan fingerprint density at radius 2 is 2.03 bits per heavy atom. The molecule has 1 saturated heterocycles. The molecular formula is C25H26FN5O5. The van der Waals surface area contributed by atoms with Gasteiger partial charge in [-0.2, -0.15) is 0 Å². The topological polar surface area (TPSA) is 129 Å². The van der Waals surface area contributed by atoms with Gasteiger partial charge in [0.25, 0.3) is 5.91 Å². The number of imidazole rings is 1. The van der Waals surface area contributed by atoms with Crippen LogP contribution in [0.1, 0.15) is 40.1 Å². The fourth-order valence-corrected chi connectivity index (χ4v) is 4.30. The van der Waals surface area contributed by atoms with Gasteiger partial charge in [-0.1, -0.05) is 17.0 Å². The molecule has 1 aromatic carbocycles. The molecule has 2 aliphatic rings. The first kappa shape index (κ1) is 24.0. The van der Waals surface area contributed by atoms with Gasteiger partial charge < -0.3 is 29.4 Å². The second kappa shape index (κ2) is 9.39. The highest BCUT2D eigenvalue weighted by molar-refractivity contribution is 5.93. The average molecular weight is 496 g/mol. The molecule has 3 aromatic rings. The Bertz CT molecular complexity index is 1380. The van der Waals surface area contributed by atoms with Crippen LogP contribution < -0.4 is 10.5 Å². The summed E-state index contributed by atoms with van der Waals surface area (Å²) in [5.74, 6) is 5.37. The molecular weight excluding hydrogens is 469 g/mol. The number of rotatable bonds is 4. The number of aromatic nitrogens is 3. The minimum absolute atomic E-state index is 0.0321. The number of primary amides is 1. The lowest BCUT2D eigenvalue weighted by Gasteiger charge is -2.27. The fourth-order valence-electron chi connectivity index (χ4n) is 4.30. The number of ether oxygens (including phenoxy) is 2. The normalized spacial score (nSPS) is 17.1. The fraction of sp³-hybridized carbons (Fsp3) is 0.400. The van der Waals surface area contributed by atoms with Crippen LogP contribution in [0.15, 0.2) is 22.7 Å². The molecule has 4 heterocycles. The number of fused-ring (bicyclic) bond motifs is 3. The van der Waals surface area contributed by atoms with Crippen molar-refractivity contribution in [3.8, 4) is 29.0 Å². The predicted molar refractivity (Wildman–Crippen MR) is 125 cm³/mol. The predicted octanol–water partition coefficient (Wildman–Crippen LogP) is 1.57. The third-order valence-corrected chi connectivity index (χ3v) is 6.23. The maximum Gasteiger partial charge on any atom is 0.269 e. The standard InChI is InChI=1S/C25H26FN5O5/c1-15-11-21(29-36-15)25(2,33)4-3-16-12-17-20(13-18(16)26)35-10-7-31-19(14-30-5-8-34-9-6-30)22(23(27)32)28-24(17)31/h11-13,33H,5-10,14H2,1-2H3,(H2,27,32)/t25-/m1/s1. The number of morpholine rings is 1. The first-order valence-electron chi connectivity index (χ1n) is 11.6. The summed E-state index contributed by atoms with van der Waals surface area (Å²) in [5.41, 5.74) is 5.61. The Kier molecular flexibility index (Phi) is 6.26. The first-order valence-corrected chi connectivity index (χ1v) is 11.6. The number of nitrogens with zero attached hydrogens (tertiary/aromatic N) is 4. The van der Waals surface area contributed by atoms with Gasteiger partial charge in [-0.05, 0) is 19.9 Å². The van der Waals surface area contributed by atoms with Crippen LogP contribution in [0.5, 0.6) is 5.75 Å². The highest BCUT2D eigenvalue weighted by atomic mass is 19.1. The summed E-state index contributed by atoms with van der Waals surface area (Å²) in [6.07, 6.45) is 0. The molecule has 2 aliphatic heterocycles. The molecule has 0 unspecified atom stereocenters. The van der Waals surface area contributed by atoms with Crippen molar-refractivity contribution in [3.05, 3.63) is 52.4 Å². The number of halogens is 1. The van der Waals surface area contributed by atoms with E-state index in [1.54, 1.807) is 13.0 Å². The van der Waals surface area contributed by atoms with Crippen LogP contribution in [0.3, 0.4) is 0 Å². The molecule has 36 heavy (non-hydrogen) atoms. The molecule has 0 spiro atoms. The minimum Gasteiger partial charge on any atom is -0.491 e. The van der Waals surface area contributed by atoms with Crippen LogP contribution in [0, 0.1) is 24.6 Å². The molecule has 1 amide bonds. The molecule has 11 heteroatoms. The van der Waals surface area contributed by atoms with E-state index >= 15 is 0 Å². The zero-order valence-electron chi connectivity index (χ0n) is 20.0.